The highest BCUT2D eigenvalue weighted by molar-refractivity contribution is 5.67. The van der Waals surface area contributed by atoms with Crippen LogP contribution in [-0.4, -0.2) is 68.8 Å². The van der Waals surface area contributed by atoms with Crippen molar-refractivity contribution in [2.24, 2.45) is 5.92 Å². The lowest BCUT2D eigenvalue weighted by molar-refractivity contribution is -1.05. The average Bonchev–Trinajstić information content (AvgIpc) is 3.63. The number of carbonyl (C=O) groups excluding carboxylic acids is 1. The van der Waals surface area contributed by atoms with Gasteiger partial charge < -0.3 is 14.9 Å². The number of nitrogens with zero attached hydrogens (tertiary/aromatic N) is 2. The van der Waals surface area contributed by atoms with Gasteiger partial charge in [-0.05, 0) is 31.7 Å². The van der Waals surface area contributed by atoms with Gasteiger partial charge in [-0.15, -0.1) is 4.65 Å². The summed E-state index contributed by atoms with van der Waals surface area (Å²) in [6.07, 6.45) is 6.02. The molecule has 1 aromatic carbocycles. The number of ether oxygens (including phenoxy) is 1. The fourth-order valence-electron chi connectivity index (χ4n) is 5.87. The van der Waals surface area contributed by atoms with Gasteiger partial charge in [-0.25, -0.2) is 9.59 Å². The Bertz CT molecular complexity index is 839. The molecule has 0 bridgehead atoms. The average molecular weight is 476 g/mol. The summed E-state index contributed by atoms with van der Waals surface area (Å²) in [6.45, 7) is 3.76. The number of aliphatic hydroxyl groups is 1. The van der Waals surface area contributed by atoms with E-state index in [0.29, 0.717) is 12.3 Å². The van der Waals surface area contributed by atoms with Crippen LogP contribution in [0, 0.1) is 5.92 Å². The van der Waals surface area contributed by atoms with Crippen molar-refractivity contribution >= 4 is 12.5 Å². The van der Waals surface area contributed by atoms with Gasteiger partial charge in [-0.3, -0.25) is 4.90 Å². The zero-order valence-corrected chi connectivity index (χ0v) is 20.3. The van der Waals surface area contributed by atoms with Gasteiger partial charge in [0.1, 0.15) is 37.1 Å². The smallest absolute Gasteiger partial charge is 0.409 e. The number of hydrogen-bond donors (Lipinski definition) is 2. The van der Waals surface area contributed by atoms with Crippen molar-refractivity contribution in [3.8, 4) is 0 Å². The fraction of sp³-hybridized carbons (Fsp3) is 0.692. The molecule has 188 valence electrons. The molecular weight excluding hydrogens is 436 g/mol. The lowest BCUT2D eigenvalue weighted by Gasteiger charge is -2.35. The number of rotatable bonds is 10. The Morgan fingerprint density at radius 1 is 1.21 bits per heavy atom. The van der Waals surface area contributed by atoms with E-state index in [4.69, 9.17) is 9.57 Å². The minimum absolute atomic E-state index is 0.00218. The first kappa shape index (κ1) is 25.1. The number of hydroxylamine groups is 3. The van der Waals surface area contributed by atoms with Crippen LogP contribution < -0.4 is 0 Å². The van der Waals surface area contributed by atoms with E-state index in [-0.39, 0.29) is 23.8 Å². The Balaban J connectivity index is 1.53. The van der Waals surface area contributed by atoms with Gasteiger partial charge in [0.25, 0.3) is 0 Å². The van der Waals surface area contributed by atoms with E-state index in [1.165, 1.54) is 11.3 Å². The second kappa shape index (κ2) is 10.3. The van der Waals surface area contributed by atoms with E-state index >= 15 is 0 Å². The largest absolute Gasteiger partial charge is 0.465 e. The highest BCUT2D eigenvalue weighted by Crippen LogP contribution is 2.41. The summed E-state index contributed by atoms with van der Waals surface area (Å²) in [6, 6.07) is 9.18. The number of aliphatic hydroxyl groups excluding tert-OH is 1. The van der Waals surface area contributed by atoms with Crippen LogP contribution >= 0.6 is 0 Å². The molecule has 2 aliphatic carbocycles. The molecule has 4 unspecified atom stereocenters. The van der Waals surface area contributed by atoms with Crippen LogP contribution in [0.25, 0.3) is 0 Å². The first-order valence-corrected chi connectivity index (χ1v) is 12.7. The first-order valence-electron chi connectivity index (χ1n) is 12.7. The third kappa shape index (κ3) is 5.46. The summed E-state index contributed by atoms with van der Waals surface area (Å²) in [7, 11) is 0. The lowest BCUT2D eigenvalue weighted by atomic mass is 9.82. The normalized spacial score (nSPS) is 27.8. The quantitative estimate of drug-likeness (QED) is 0.301. The summed E-state index contributed by atoms with van der Waals surface area (Å²) in [5.74, 6) is 0.413. The maximum absolute atomic E-state index is 12.4. The third-order valence-electron chi connectivity index (χ3n) is 7.73. The Morgan fingerprint density at radius 3 is 2.47 bits per heavy atom. The SMILES string of the molecule is CC1(C)OC(C(O)C[N+](C=O)(OCc2ccccc2)C2CC2)C(CC2CCCCC2)N1C(=O)O. The second-order valence-electron chi connectivity index (χ2n) is 10.7. The monoisotopic (exact) mass is 475 g/mol. The molecule has 3 aliphatic rings. The molecule has 2 amide bonds. The van der Waals surface area contributed by atoms with Crippen LogP contribution in [0.2, 0.25) is 0 Å². The van der Waals surface area contributed by atoms with Gasteiger partial charge in [0.15, 0.2) is 0 Å². The molecular formula is C26H39N2O6+. The van der Waals surface area contributed by atoms with Crippen LogP contribution in [0.5, 0.6) is 0 Å². The van der Waals surface area contributed by atoms with E-state index in [0.717, 1.165) is 50.5 Å². The molecule has 4 rings (SSSR count). The molecule has 1 heterocycles. The van der Waals surface area contributed by atoms with E-state index in [2.05, 4.69) is 0 Å². The minimum atomic E-state index is -1.06. The Morgan fingerprint density at radius 2 is 1.88 bits per heavy atom. The van der Waals surface area contributed by atoms with Crippen LogP contribution in [0.4, 0.5) is 4.79 Å². The predicted octanol–water partition coefficient (Wildman–Crippen LogP) is 4.07. The lowest BCUT2D eigenvalue weighted by Crippen LogP contribution is -2.57. The number of carbonyl (C=O) groups is 2. The zero-order chi connectivity index (χ0) is 24.3. The number of quaternary nitrogens is 1. The third-order valence-corrected chi connectivity index (χ3v) is 7.73. The van der Waals surface area contributed by atoms with Crippen molar-refractivity contribution in [1.82, 2.24) is 4.90 Å². The maximum Gasteiger partial charge on any atom is 0.409 e. The second-order valence-corrected chi connectivity index (χ2v) is 10.7. The van der Waals surface area contributed by atoms with Gasteiger partial charge in [0.05, 0.1) is 6.04 Å². The van der Waals surface area contributed by atoms with E-state index in [1.54, 1.807) is 13.8 Å². The molecule has 2 saturated carbocycles. The Hall–Kier alpha value is -2.00. The molecule has 0 aromatic heterocycles. The maximum atomic E-state index is 12.4. The van der Waals surface area contributed by atoms with Crippen molar-refractivity contribution in [2.45, 2.75) is 102 Å². The zero-order valence-electron chi connectivity index (χ0n) is 20.3. The van der Waals surface area contributed by atoms with Crippen LogP contribution in [0.1, 0.15) is 70.8 Å². The summed E-state index contributed by atoms with van der Waals surface area (Å²) in [4.78, 5) is 32.1. The van der Waals surface area contributed by atoms with E-state index in [9.17, 15) is 19.8 Å². The molecule has 1 aromatic rings. The van der Waals surface area contributed by atoms with Gasteiger partial charge in [-0.1, -0.05) is 62.4 Å². The van der Waals surface area contributed by atoms with Crippen LogP contribution in [-0.2, 0) is 21.0 Å². The van der Waals surface area contributed by atoms with E-state index < -0.39 is 30.1 Å². The number of amides is 2. The van der Waals surface area contributed by atoms with Crippen molar-refractivity contribution in [1.29, 1.82) is 0 Å². The standard InChI is InChI=1S/C26H38N2O6/c1-26(2)27(25(31)32)22(15-19-9-5-3-6-10-19)24(34-26)23(30)16-28(18-29,21-13-14-21)33-17-20-11-7-4-8-12-20/h4,7-8,11-12,18-19,21-24,30H,3,5-6,9-10,13-17H2,1-2H3/p+1. The first-order chi connectivity index (χ1) is 16.3. The number of hydrogen-bond acceptors (Lipinski definition) is 5. The van der Waals surface area contributed by atoms with Crippen molar-refractivity contribution < 1.29 is 34.0 Å². The summed E-state index contributed by atoms with van der Waals surface area (Å²) in [5, 5.41) is 21.4. The predicted molar refractivity (Wildman–Crippen MR) is 125 cm³/mol. The minimum Gasteiger partial charge on any atom is -0.465 e. The fourth-order valence-corrected chi connectivity index (χ4v) is 5.87. The molecule has 3 fully saturated rings. The van der Waals surface area contributed by atoms with Crippen LogP contribution in [0.3, 0.4) is 0 Å². The van der Waals surface area contributed by atoms with Crippen molar-refractivity contribution in [2.75, 3.05) is 6.54 Å². The number of benzene rings is 1. The molecule has 1 saturated heterocycles. The molecule has 4 atom stereocenters. The molecule has 1 aliphatic heterocycles. The highest BCUT2D eigenvalue weighted by atomic mass is 16.7. The molecule has 34 heavy (non-hydrogen) atoms. The summed E-state index contributed by atoms with van der Waals surface area (Å²) >= 11 is 0. The molecule has 0 spiro atoms. The van der Waals surface area contributed by atoms with Gasteiger partial charge in [-0.2, -0.15) is 4.84 Å². The van der Waals surface area contributed by atoms with Gasteiger partial charge in [0, 0.05) is 12.8 Å². The van der Waals surface area contributed by atoms with Gasteiger partial charge >= 0.3 is 12.5 Å². The van der Waals surface area contributed by atoms with E-state index in [1.807, 2.05) is 30.3 Å². The molecule has 8 nitrogen and oxygen atoms in total. The summed E-state index contributed by atoms with van der Waals surface area (Å²) < 4.78 is 5.91. The molecule has 0 radical (unpaired) electrons. The van der Waals surface area contributed by atoms with Crippen LogP contribution in [0.15, 0.2) is 30.3 Å². The van der Waals surface area contributed by atoms with Crippen molar-refractivity contribution in [3.63, 3.8) is 0 Å². The highest BCUT2D eigenvalue weighted by Gasteiger charge is 2.56. The molecule has 8 heteroatoms. The number of carboxylic acid groups (broad SMARTS) is 1. The molecule has 2 N–H and O–H groups in total. The van der Waals surface area contributed by atoms with Crippen molar-refractivity contribution in [3.05, 3.63) is 35.9 Å². The summed E-state index contributed by atoms with van der Waals surface area (Å²) in [5.41, 5.74) is -0.106. The Labute approximate surface area is 202 Å². The Kier molecular flexibility index (Phi) is 7.62. The topological polar surface area (TPSA) is 96.3 Å². The van der Waals surface area contributed by atoms with Gasteiger partial charge in [0.2, 0.25) is 0 Å².